The molecule has 0 bridgehead atoms. The molecular weight excluding hydrogens is 493 g/mol. The van der Waals surface area contributed by atoms with Crippen molar-refractivity contribution in [3.63, 3.8) is 0 Å². The van der Waals surface area contributed by atoms with Gasteiger partial charge in [-0.25, -0.2) is 23.6 Å². The summed E-state index contributed by atoms with van der Waals surface area (Å²) in [6, 6.07) is 9.76. The van der Waals surface area contributed by atoms with Crippen LogP contribution >= 0.6 is 15.9 Å². The summed E-state index contributed by atoms with van der Waals surface area (Å²) in [7, 11) is 0. The number of rotatable bonds is 6. The lowest BCUT2D eigenvalue weighted by Crippen LogP contribution is -2.14. The lowest BCUT2D eigenvalue weighted by molar-refractivity contribution is 0.102. The molecule has 0 saturated carbocycles. The Hall–Kier alpha value is -3.93. The summed E-state index contributed by atoms with van der Waals surface area (Å²) in [6.45, 7) is 2.90. The highest BCUT2D eigenvalue weighted by molar-refractivity contribution is 9.10. The van der Waals surface area contributed by atoms with E-state index in [1.807, 2.05) is 13.1 Å². The van der Waals surface area contributed by atoms with Gasteiger partial charge in [-0.3, -0.25) is 14.8 Å². The zero-order valence-electron chi connectivity index (χ0n) is 17.4. The molecule has 0 spiro atoms. The molecular formula is C21H17BrFN9O. The zero-order valence-corrected chi connectivity index (χ0v) is 18.9. The minimum atomic E-state index is -0.492. The molecule has 4 heterocycles. The van der Waals surface area contributed by atoms with Crippen molar-refractivity contribution in [2.75, 3.05) is 5.32 Å². The first-order chi connectivity index (χ1) is 16.0. The van der Waals surface area contributed by atoms with Gasteiger partial charge in [0, 0.05) is 30.6 Å². The van der Waals surface area contributed by atoms with Gasteiger partial charge in [-0.15, -0.1) is 5.10 Å². The van der Waals surface area contributed by atoms with Gasteiger partial charge >= 0.3 is 0 Å². The Morgan fingerprint density at radius 3 is 2.76 bits per heavy atom. The fourth-order valence-corrected chi connectivity index (χ4v) is 3.83. The normalized spacial score (nSPS) is 11.2. The SMILES string of the molecule is CCn1cc(Br)c(-c2ccnc3cc(C(=O)Nc4ncn(Cc5ccccc5F)n4)nn23)n1. The maximum Gasteiger partial charge on any atom is 0.278 e. The summed E-state index contributed by atoms with van der Waals surface area (Å²) >= 11 is 3.52. The van der Waals surface area contributed by atoms with E-state index in [1.165, 1.54) is 17.1 Å². The van der Waals surface area contributed by atoms with E-state index < -0.39 is 5.91 Å². The van der Waals surface area contributed by atoms with Gasteiger partial charge in [-0.2, -0.15) is 10.2 Å². The van der Waals surface area contributed by atoms with Crippen LogP contribution in [0.5, 0.6) is 0 Å². The highest BCUT2D eigenvalue weighted by atomic mass is 79.9. The number of aromatic nitrogens is 8. The number of hydrogen-bond donors (Lipinski definition) is 1. The lowest BCUT2D eigenvalue weighted by Gasteiger charge is -2.02. The van der Waals surface area contributed by atoms with Gasteiger partial charge in [-0.1, -0.05) is 18.2 Å². The lowest BCUT2D eigenvalue weighted by atomic mass is 10.2. The molecule has 1 N–H and O–H groups in total. The van der Waals surface area contributed by atoms with Crippen molar-refractivity contribution in [2.45, 2.75) is 20.0 Å². The van der Waals surface area contributed by atoms with Crippen molar-refractivity contribution in [1.29, 1.82) is 0 Å². The van der Waals surface area contributed by atoms with E-state index in [0.29, 0.717) is 22.6 Å². The summed E-state index contributed by atoms with van der Waals surface area (Å²) in [5.41, 5.74) is 2.48. The fraction of sp³-hybridized carbons (Fsp3) is 0.143. The first kappa shape index (κ1) is 20.9. The summed E-state index contributed by atoms with van der Waals surface area (Å²) < 4.78 is 19.5. The highest BCUT2D eigenvalue weighted by Crippen LogP contribution is 2.27. The van der Waals surface area contributed by atoms with Crippen LogP contribution < -0.4 is 5.32 Å². The Morgan fingerprint density at radius 2 is 1.97 bits per heavy atom. The molecule has 1 amide bonds. The van der Waals surface area contributed by atoms with Gasteiger partial charge in [0.25, 0.3) is 5.91 Å². The van der Waals surface area contributed by atoms with Crippen LogP contribution in [0.15, 0.2) is 59.6 Å². The third-order valence-electron chi connectivity index (χ3n) is 4.93. The molecule has 5 aromatic rings. The number of benzene rings is 1. The molecule has 10 nitrogen and oxygen atoms in total. The molecule has 0 saturated heterocycles. The smallest absolute Gasteiger partial charge is 0.278 e. The van der Waals surface area contributed by atoms with Crippen molar-refractivity contribution in [3.8, 4) is 11.4 Å². The van der Waals surface area contributed by atoms with Gasteiger partial charge in [0.05, 0.1) is 16.7 Å². The van der Waals surface area contributed by atoms with E-state index >= 15 is 0 Å². The molecule has 0 aliphatic heterocycles. The summed E-state index contributed by atoms with van der Waals surface area (Å²) in [5, 5.41) is 15.8. The Kier molecular flexibility index (Phi) is 5.42. The van der Waals surface area contributed by atoms with E-state index in [2.05, 4.69) is 46.5 Å². The van der Waals surface area contributed by atoms with Crippen molar-refractivity contribution >= 4 is 33.4 Å². The van der Waals surface area contributed by atoms with Gasteiger partial charge in [0.2, 0.25) is 5.95 Å². The van der Waals surface area contributed by atoms with Crippen LogP contribution in [0.4, 0.5) is 10.3 Å². The molecule has 0 aliphatic rings. The van der Waals surface area contributed by atoms with E-state index in [0.717, 1.165) is 11.0 Å². The van der Waals surface area contributed by atoms with Gasteiger partial charge in [-0.05, 0) is 35.0 Å². The number of nitrogens with zero attached hydrogens (tertiary/aromatic N) is 8. The molecule has 4 aromatic heterocycles. The average molecular weight is 510 g/mol. The minimum Gasteiger partial charge on any atom is -0.288 e. The van der Waals surface area contributed by atoms with Crippen molar-refractivity contribution in [3.05, 3.63) is 76.7 Å². The largest absolute Gasteiger partial charge is 0.288 e. The molecule has 12 heteroatoms. The Balaban J connectivity index is 1.38. The molecule has 1 aromatic carbocycles. The van der Waals surface area contributed by atoms with Crippen LogP contribution in [0, 0.1) is 5.82 Å². The van der Waals surface area contributed by atoms with Crippen LogP contribution in [-0.2, 0) is 13.1 Å². The number of hydrogen-bond acceptors (Lipinski definition) is 6. The first-order valence-electron chi connectivity index (χ1n) is 10.0. The monoisotopic (exact) mass is 509 g/mol. The molecule has 0 atom stereocenters. The predicted molar refractivity (Wildman–Crippen MR) is 121 cm³/mol. The third-order valence-corrected chi connectivity index (χ3v) is 5.51. The number of amides is 1. The van der Waals surface area contributed by atoms with Gasteiger partial charge in [0.1, 0.15) is 17.8 Å². The van der Waals surface area contributed by atoms with Crippen LogP contribution in [0.25, 0.3) is 17.0 Å². The Bertz CT molecular complexity index is 1470. The third kappa shape index (κ3) is 4.12. The number of anilines is 1. The summed E-state index contributed by atoms with van der Waals surface area (Å²) in [5.74, 6) is -0.735. The molecule has 0 fully saturated rings. The molecule has 0 unspecified atom stereocenters. The Morgan fingerprint density at radius 1 is 1.12 bits per heavy atom. The number of fused-ring (bicyclic) bond motifs is 1. The van der Waals surface area contributed by atoms with E-state index in [1.54, 1.807) is 45.7 Å². The van der Waals surface area contributed by atoms with E-state index in [9.17, 15) is 9.18 Å². The van der Waals surface area contributed by atoms with Crippen LogP contribution in [-0.4, -0.2) is 45.1 Å². The standard InChI is InChI=1S/C21H17BrFN9O/c1-2-30-11-14(22)19(28-30)17-7-8-24-18-9-16(27-32(17)18)20(33)26-21-25-12-31(29-21)10-13-5-3-4-6-15(13)23/h3-9,11-12H,2,10H2,1H3,(H,26,29,33). The first-order valence-corrected chi connectivity index (χ1v) is 10.8. The van der Waals surface area contributed by atoms with Crippen molar-refractivity contribution in [2.24, 2.45) is 0 Å². The van der Waals surface area contributed by atoms with Crippen molar-refractivity contribution < 1.29 is 9.18 Å². The molecule has 166 valence electrons. The maximum atomic E-state index is 13.9. The molecule has 0 radical (unpaired) electrons. The maximum absolute atomic E-state index is 13.9. The van der Waals surface area contributed by atoms with Gasteiger partial charge in [0.15, 0.2) is 11.3 Å². The quantitative estimate of drug-likeness (QED) is 0.375. The molecule has 0 aliphatic carbocycles. The number of carbonyl (C=O) groups is 1. The second-order valence-corrected chi connectivity index (χ2v) is 7.98. The second kappa shape index (κ2) is 8.54. The van der Waals surface area contributed by atoms with Crippen LogP contribution in [0.2, 0.25) is 0 Å². The molecule has 5 rings (SSSR count). The average Bonchev–Trinajstić information content (AvgIpc) is 3.53. The molecule has 33 heavy (non-hydrogen) atoms. The number of nitrogens with one attached hydrogen (secondary N) is 1. The predicted octanol–water partition coefficient (Wildman–Crippen LogP) is 3.41. The number of halogens is 2. The van der Waals surface area contributed by atoms with Crippen LogP contribution in [0.1, 0.15) is 23.0 Å². The topological polar surface area (TPSA) is 108 Å². The minimum absolute atomic E-state index is 0.0889. The second-order valence-electron chi connectivity index (χ2n) is 7.12. The van der Waals surface area contributed by atoms with Gasteiger partial charge < -0.3 is 0 Å². The van der Waals surface area contributed by atoms with Crippen molar-refractivity contribution in [1.82, 2.24) is 39.1 Å². The summed E-state index contributed by atoms with van der Waals surface area (Å²) in [6.07, 6.45) is 4.94. The summed E-state index contributed by atoms with van der Waals surface area (Å²) in [4.78, 5) is 21.1. The zero-order chi connectivity index (χ0) is 22.9. The number of carbonyl (C=O) groups excluding carboxylic acids is 1. The fourth-order valence-electron chi connectivity index (χ4n) is 3.31. The van der Waals surface area contributed by atoms with E-state index in [4.69, 9.17) is 0 Å². The van der Waals surface area contributed by atoms with Crippen LogP contribution in [0.3, 0.4) is 0 Å². The Labute approximate surface area is 195 Å². The number of aryl methyl sites for hydroxylation is 1. The van der Waals surface area contributed by atoms with E-state index in [-0.39, 0.29) is 24.0 Å². The highest BCUT2D eigenvalue weighted by Gasteiger charge is 2.18.